The van der Waals surface area contributed by atoms with Crippen LogP contribution in [0.5, 0.6) is 0 Å². The SMILES string of the molecule is FOB(OF)OF.O=C(O)c1cc[c-]cc1.[K+]. The van der Waals surface area contributed by atoms with Crippen molar-refractivity contribution in [1.29, 1.82) is 0 Å². The minimum absolute atomic E-state index is 0. The van der Waals surface area contributed by atoms with Crippen LogP contribution >= 0.6 is 0 Å². The second kappa shape index (κ2) is 12.5. The molecule has 0 radical (unpaired) electrons. The average molecular weight is 276 g/mol. The monoisotopic (exact) mass is 276 g/mol. The molecule has 1 aromatic carbocycles. The molecule has 0 atom stereocenters. The van der Waals surface area contributed by atoms with Crippen molar-refractivity contribution in [2.24, 2.45) is 0 Å². The van der Waals surface area contributed by atoms with Crippen molar-refractivity contribution in [2.75, 3.05) is 0 Å². The third kappa shape index (κ3) is 9.73. The Hall–Kier alpha value is 0.0613. The predicted octanol–water partition coefficient (Wildman–Crippen LogP) is -1.14. The Morgan fingerprint density at radius 3 is 1.76 bits per heavy atom. The minimum Gasteiger partial charge on any atom is -0.479 e. The molecule has 17 heavy (non-hydrogen) atoms. The number of hydrogen-bond acceptors (Lipinski definition) is 4. The second-order valence-corrected chi connectivity index (χ2v) is 2.15. The fourth-order valence-electron chi connectivity index (χ4n) is 0.571. The van der Waals surface area contributed by atoms with Gasteiger partial charge in [-0.05, 0) is 5.56 Å². The first-order valence-corrected chi connectivity index (χ1v) is 3.67. The molecule has 1 rings (SSSR count). The molecule has 0 saturated heterocycles. The van der Waals surface area contributed by atoms with Gasteiger partial charge in [-0.15, -0.1) is 0 Å². The van der Waals surface area contributed by atoms with E-state index in [0.29, 0.717) is 5.56 Å². The number of carboxylic acids is 1. The van der Waals surface area contributed by atoms with E-state index in [4.69, 9.17) is 5.11 Å². The number of carbonyl (C=O) groups is 1. The van der Waals surface area contributed by atoms with Crippen molar-refractivity contribution >= 4 is 13.3 Å². The van der Waals surface area contributed by atoms with Crippen molar-refractivity contribution in [1.82, 2.24) is 0 Å². The molecule has 0 aromatic heterocycles. The molecule has 0 fully saturated rings. The fourth-order valence-corrected chi connectivity index (χ4v) is 0.571. The van der Waals surface area contributed by atoms with E-state index < -0.39 is 13.3 Å². The molecule has 88 valence electrons. The Bertz CT molecular complexity index is 295. The Labute approximate surface area is 137 Å². The summed E-state index contributed by atoms with van der Waals surface area (Å²) in [6.45, 7) is 0. The van der Waals surface area contributed by atoms with Gasteiger partial charge in [-0.2, -0.15) is 44.9 Å². The summed E-state index contributed by atoms with van der Waals surface area (Å²) in [4.78, 5) is 17.2. The van der Waals surface area contributed by atoms with Crippen LogP contribution in [0, 0.1) is 6.07 Å². The van der Waals surface area contributed by atoms with Gasteiger partial charge < -0.3 is 5.11 Å². The maximum atomic E-state index is 10.4. The van der Waals surface area contributed by atoms with Crippen LogP contribution in [0.2, 0.25) is 0 Å². The van der Waals surface area contributed by atoms with Crippen molar-refractivity contribution in [3.8, 4) is 0 Å². The van der Waals surface area contributed by atoms with E-state index in [-0.39, 0.29) is 51.4 Å². The van der Waals surface area contributed by atoms with E-state index in [9.17, 15) is 18.4 Å². The van der Waals surface area contributed by atoms with Crippen LogP contribution in [-0.4, -0.2) is 18.4 Å². The van der Waals surface area contributed by atoms with Gasteiger partial charge in [-0.25, -0.2) is 4.79 Å². The van der Waals surface area contributed by atoms with Crippen molar-refractivity contribution < 1.29 is 89.4 Å². The summed E-state index contributed by atoms with van der Waals surface area (Å²) in [5.41, 5.74) is 0.300. The number of halogens is 3. The molecule has 1 N–H and O–H groups in total. The van der Waals surface area contributed by atoms with Crippen molar-refractivity contribution in [2.45, 2.75) is 0 Å². The zero-order valence-corrected chi connectivity index (χ0v) is 11.7. The molecule has 0 aliphatic rings. The van der Waals surface area contributed by atoms with Crippen molar-refractivity contribution in [3.05, 3.63) is 35.9 Å². The number of benzene rings is 1. The van der Waals surface area contributed by atoms with Crippen LogP contribution in [0.1, 0.15) is 10.4 Å². The van der Waals surface area contributed by atoms with E-state index >= 15 is 0 Å². The molecule has 0 bridgehead atoms. The molecule has 0 amide bonds. The minimum atomic E-state index is -2.51. The van der Waals surface area contributed by atoms with Crippen molar-refractivity contribution in [3.63, 3.8) is 0 Å². The predicted molar refractivity (Wildman–Crippen MR) is 44.6 cm³/mol. The number of carboxylic acid groups (broad SMARTS) is 1. The van der Waals surface area contributed by atoms with E-state index in [2.05, 4.69) is 20.6 Å². The van der Waals surface area contributed by atoms with E-state index in [1.807, 2.05) is 0 Å². The topological polar surface area (TPSA) is 65.0 Å². The molecule has 0 spiro atoms. The Morgan fingerprint density at radius 2 is 1.59 bits per heavy atom. The maximum absolute atomic E-state index is 10.4. The van der Waals surface area contributed by atoms with Gasteiger partial charge in [-0.1, -0.05) is 13.6 Å². The van der Waals surface area contributed by atoms with Gasteiger partial charge in [0.05, 0.1) is 0 Å². The van der Waals surface area contributed by atoms with Gasteiger partial charge in [0.2, 0.25) is 0 Å². The molecule has 0 saturated carbocycles. The first kappa shape index (κ1) is 19.4. The Morgan fingerprint density at radius 1 is 1.18 bits per heavy atom. The van der Waals surface area contributed by atoms with Crippen LogP contribution < -0.4 is 51.4 Å². The van der Waals surface area contributed by atoms with E-state index in [1.165, 1.54) is 12.1 Å². The first-order valence-electron chi connectivity index (χ1n) is 3.67. The average Bonchev–Trinajstić information content (AvgIpc) is 2.33. The second-order valence-electron chi connectivity index (χ2n) is 2.15. The summed E-state index contributed by atoms with van der Waals surface area (Å²) in [7, 11) is -2.51. The van der Waals surface area contributed by atoms with E-state index in [0.717, 1.165) is 0 Å². The van der Waals surface area contributed by atoms with Crippen LogP contribution in [0.4, 0.5) is 13.6 Å². The molecule has 5 nitrogen and oxygen atoms in total. The molecule has 0 unspecified atom stereocenters. The smallest absolute Gasteiger partial charge is 0.479 e. The molecular weight excluding hydrogens is 271 g/mol. The van der Waals surface area contributed by atoms with Crippen LogP contribution in [0.25, 0.3) is 0 Å². The molecule has 10 heteroatoms. The quantitative estimate of drug-likeness (QED) is 0.556. The van der Waals surface area contributed by atoms with Crippen LogP contribution in [-0.2, 0) is 14.6 Å². The number of hydrogen-bond donors (Lipinski definition) is 1. The standard InChI is InChI=1S/C7H5O2.BF3O3.K/c8-7(9)6-4-2-1-3-5-6;2-5-1(6-3)7-4;/h2-5H,(H,8,9);;/q-1;;+1. The van der Waals surface area contributed by atoms with Gasteiger partial charge in [0.15, 0.2) is 0 Å². The van der Waals surface area contributed by atoms with E-state index in [1.54, 1.807) is 12.1 Å². The van der Waals surface area contributed by atoms with Gasteiger partial charge in [-0.3, -0.25) is 0 Å². The molecule has 0 heterocycles. The zero-order valence-electron chi connectivity index (χ0n) is 8.60. The van der Waals surface area contributed by atoms with Gasteiger partial charge in [0, 0.05) is 0 Å². The normalized spacial score (nSPS) is 8.41. The number of rotatable bonds is 4. The van der Waals surface area contributed by atoms with Crippen LogP contribution in [0.15, 0.2) is 24.3 Å². The third-order valence-electron chi connectivity index (χ3n) is 1.18. The molecule has 0 aliphatic carbocycles. The number of aromatic carboxylic acids is 1. The molecular formula is C7H5BF3KO5. The largest absolute Gasteiger partial charge is 1.00 e. The summed E-state index contributed by atoms with van der Waals surface area (Å²) in [5.74, 6) is -0.899. The van der Waals surface area contributed by atoms with Gasteiger partial charge in [0.25, 0.3) is 0 Å². The first-order chi connectivity index (χ1) is 7.65. The maximum Gasteiger partial charge on any atom is 1.00 e. The molecule has 0 aliphatic heterocycles. The zero-order chi connectivity index (χ0) is 12.4. The Kier molecular flexibility index (Phi) is 14.3. The molecule has 1 aromatic rings. The van der Waals surface area contributed by atoms with Gasteiger partial charge in [0.1, 0.15) is 0 Å². The third-order valence-corrected chi connectivity index (χ3v) is 1.18. The Balaban J connectivity index is 0. The van der Waals surface area contributed by atoms with Gasteiger partial charge >= 0.3 is 64.7 Å². The summed E-state index contributed by atoms with van der Waals surface area (Å²) < 4.78 is 31.3. The van der Waals surface area contributed by atoms with Crippen LogP contribution in [0.3, 0.4) is 0 Å². The summed E-state index contributed by atoms with van der Waals surface area (Å²) in [5, 5.41) is 8.37. The summed E-state index contributed by atoms with van der Waals surface area (Å²) >= 11 is 0. The summed E-state index contributed by atoms with van der Waals surface area (Å²) in [6.07, 6.45) is 0. The summed E-state index contributed by atoms with van der Waals surface area (Å²) in [6, 6.07) is 8.87. The fraction of sp³-hybridized carbons (Fsp3) is 0.